The van der Waals surface area contributed by atoms with E-state index in [9.17, 15) is 47.9 Å². The molecule has 0 spiro atoms. The average molecular weight is 1390 g/mol. The molecule has 0 unspecified atom stereocenters. The van der Waals surface area contributed by atoms with Crippen LogP contribution >= 0.6 is 23.2 Å². The van der Waals surface area contributed by atoms with Crippen molar-refractivity contribution in [3.05, 3.63) is 258 Å². The maximum atomic E-state index is 14.4. The number of fused-ring (bicyclic) bond motifs is 3. The molecule has 0 aliphatic carbocycles. The number of hydrogen-bond donors (Lipinski definition) is 6. The molecule has 2 heterocycles. The van der Waals surface area contributed by atoms with Gasteiger partial charge in [0, 0.05) is 73.5 Å². The number of rotatable bonds is 28. The fourth-order valence-electron chi connectivity index (χ4n) is 11.8. The molecule has 2 aliphatic heterocycles. The second-order valence-electron chi connectivity index (χ2n) is 24.1. The Bertz CT molecular complexity index is 4080. The van der Waals surface area contributed by atoms with Crippen molar-refractivity contribution in [3.8, 4) is 0 Å². The minimum absolute atomic E-state index is 0.0137. The van der Waals surface area contributed by atoms with Gasteiger partial charge in [0.1, 0.15) is 25.3 Å². The Balaban J connectivity index is 0.785. The number of nitrogens with one attached hydrogen (secondary N) is 6. The van der Waals surface area contributed by atoms with Gasteiger partial charge in [0.05, 0.1) is 36.5 Å². The zero-order valence-electron chi connectivity index (χ0n) is 55.0. The first-order valence-electron chi connectivity index (χ1n) is 32.6. The average Bonchev–Trinajstić information content (AvgIpc) is 1.60. The quantitative estimate of drug-likeness (QED) is 0.0151. The van der Waals surface area contributed by atoms with Crippen molar-refractivity contribution in [1.82, 2.24) is 41.7 Å². The summed E-state index contributed by atoms with van der Waals surface area (Å²) in [6.45, 7) is 1.09. The summed E-state index contributed by atoms with van der Waals surface area (Å²) in [5.41, 5.74) is 7.11. The summed E-state index contributed by atoms with van der Waals surface area (Å²) in [6, 6.07) is 47.2. The molecule has 0 fully saturated rings. The Morgan fingerprint density at radius 3 is 1.06 bits per heavy atom. The van der Waals surface area contributed by atoms with E-state index in [0.29, 0.717) is 67.0 Å². The summed E-state index contributed by atoms with van der Waals surface area (Å²) < 4.78 is 20.5. The minimum Gasteiger partial charge on any atom is -0.467 e. The number of halogens is 2. The summed E-state index contributed by atoms with van der Waals surface area (Å²) in [6.07, 6.45) is -0.0397. The van der Waals surface area contributed by atoms with Gasteiger partial charge < -0.3 is 60.6 Å². The number of nitrogens with zero attached hydrogens (tertiary/aromatic N) is 2. The van der Waals surface area contributed by atoms with E-state index in [1.165, 1.54) is 14.2 Å². The Labute approximate surface area is 587 Å². The molecule has 2 aliphatic rings. The molecule has 0 aromatic heterocycles. The molecule has 24 heteroatoms. The Morgan fingerprint density at radius 2 is 0.730 bits per heavy atom. The first-order valence-corrected chi connectivity index (χ1v) is 33.3. The van der Waals surface area contributed by atoms with Crippen LogP contribution in [0.1, 0.15) is 132 Å². The maximum absolute atomic E-state index is 14.4. The number of hydrogen-bond acceptors (Lipinski definition) is 14. The highest BCUT2D eigenvalue weighted by Gasteiger charge is 2.32. The lowest BCUT2D eigenvalue weighted by atomic mass is 9.98. The number of carbonyl (C=O) groups is 10. The molecule has 0 radical (unpaired) electrons. The van der Waals surface area contributed by atoms with Crippen LogP contribution in [0.3, 0.4) is 0 Å². The third kappa shape index (κ3) is 19.2. The molecule has 8 aromatic rings. The monoisotopic (exact) mass is 1390 g/mol. The van der Waals surface area contributed by atoms with Gasteiger partial charge in [-0.2, -0.15) is 0 Å². The molecule has 10 rings (SSSR count). The summed E-state index contributed by atoms with van der Waals surface area (Å²) in [4.78, 5) is 139. The van der Waals surface area contributed by atoms with E-state index in [1.54, 1.807) is 119 Å². The third-order valence-electron chi connectivity index (χ3n) is 17.1. The van der Waals surface area contributed by atoms with Gasteiger partial charge in [0.2, 0.25) is 0 Å². The van der Waals surface area contributed by atoms with Crippen LogP contribution in [-0.4, -0.2) is 122 Å². The SMILES string of the molecule is COC(=O)[C@H](CCCNC(=O)c1cc2c(cc1C(=O)NCCc1ccc(Cl)cc1)CN(C(=O)c1ccc3cc(C(=O)N4Cc5cc(C(=O)NCCC[C@H](NC(=O)OCc6ccccc6)C(=O)OC)c(C(=O)NCCc6ccc(Cl)cc6)cc5C4)ccc3c1)C2)NC(=O)OCc1ccccc1. The number of carbonyl (C=O) groups excluding carboxylic acids is 10. The van der Waals surface area contributed by atoms with Crippen molar-refractivity contribution >= 4 is 93.5 Å². The maximum Gasteiger partial charge on any atom is 0.408 e. The van der Waals surface area contributed by atoms with E-state index in [1.807, 2.05) is 60.7 Å². The molecule has 8 aromatic carbocycles. The summed E-state index contributed by atoms with van der Waals surface area (Å²) in [5.74, 6) is -4.16. The first-order chi connectivity index (χ1) is 48.4. The van der Waals surface area contributed by atoms with Gasteiger partial charge in [-0.3, -0.25) is 28.8 Å². The number of benzene rings is 8. The van der Waals surface area contributed by atoms with Gasteiger partial charge in [0.25, 0.3) is 35.4 Å². The van der Waals surface area contributed by atoms with Crippen molar-refractivity contribution in [2.75, 3.05) is 40.4 Å². The third-order valence-corrected chi connectivity index (χ3v) is 17.6. The van der Waals surface area contributed by atoms with E-state index in [4.69, 9.17) is 42.1 Å². The van der Waals surface area contributed by atoms with E-state index in [2.05, 4.69) is 31.9 Å². The minimum atomic E-state index is -1.07. The molecular weight excluding hydrogens is 1320 g/mol. The van der Waals surface area contributed by atoms with Crippen LogP contribution < -0.4 is 31.9 Å². The highest BCUT2D eigenvalue weighted by atomic mass is 35.5. The zero-order chi connectivity index (χ0) is 70.7. The topological polar surface area (TPSA) is 286 Å². The molecular formula is C76H74Cl2N8O14. The van der Waals surface area contributed by atoms with Crippen molar-refractivity contribution in [1.29, 1.82) is 0 Å². The van der Waals surface area contributed by atoms with E-state index < -0.39 is 59.8 Å². The Hall–Kier alpha value is -11.1. The van der Waals surface area contributed by atoms with Crippen molar-refractivity contribution < 1.29 is 66.9 Å². The zero-order valence-corrected chi connectivity index (χ0v) is 56.5. The highest BCUT2D eigenvalue weighted by Crippen LogP contribution is 2.32. The van der Waals surface area contributed by atoms with E-state index in [0.717, 1.165) is 22.3 Å². The largest absolute Gasteiger partial charge is 0.467 e. The number of ether oxygens (including phenoxy) is 4. The summed E-state index contributed by atoms with van der Waals surface area (Å²) >= 11 is 12.2. The normalized spacial score (nSPS) is 12.6. The van der Waals surface area contributed by atoms with Crippen LogP contribution in [0.2, 0.25) is 10.0 Å². The van der Waals surface area contributed by atoms with Gasteiger partial charge in [-0.05, 0) is 167 Å². The first kappa shape index (κ1) is 71.7. The van der Waals surface area contributed by atoms with Crippen molar-refractivity contribution in [3.63, 3.8) is 0 Å². The number of alkyl carbamates (subject to hydrolysis) is 2. The predicted octanol–water partition coefficient (Wildman–Crippen LogP) is 10.4. The fourth-order valence-corrected chi connectivity index (χ4v) is 12.0. The van der Waals surface area contributed by atoms with Crippen LogP contribution in [-0.2, 0) is 80.8 Å². The number of methoxy groups -OCH3 is 2. The van der Waals surface area contributed by atoms with Crippen LogP contribution in [0, 0.1) is 0 Å². The fraction of sp³-hybridized carbons (Fsp3) is 0.263. The number of esters is 2. The smallest absolute Gasteiger partial charge is 0.408 e. The lowest BCUT2D eigenvalue weighted by Gasteiger charge is -2.17. The standard InChI is InChI=1S/C76H74Cl2N8O14/c1-97-73(93)65(83-75(95)99-45-49-11-5-3-6-12-49)15-9-31-79-67(87)61-37-55-41-85(43-57(55)39-63(61)69(89)81-33-29-47-17-25-59(77)26-18-47)71(91)53-23-21-52-36-54(24-22-51(52)35-53)72(92)86-42-56-38-62(64(40-58(56)44-86)70(90)82-34-30-48-19-27-60(78)28-20-48)68(88)80-32-10-16-66(74(94)98-2)84-76(96)100-46-50-13-7-4-8-14-50/h3-8,11-14,17-28,35-40,65-66H,9-10,15-16,29-34,41-46H2,1-2H3,(H,79,87)(H,80,88)(H,81,89)(H,82,90)(H,83,95)(H,84,96)/t65-,66-/m0/s1. The van der Waals surface area contributed by atoms with Crippen LogP contribution in [0.5, 0.6) is 0 Å². The second-order valence-corrected chi connectivity index (χ2v) is 24.9. The molecule has 0 saturated carbocycles. The van der Waals surface area contributed by atoms with Crippen LogP contribution in [0.15, 0.2) is 170 Å². The summed E-state index contributed by atoms with van der Waals surface area (Å²) in [5, 5.41) is 19.2. The second kappa shape index (κ2) is 34.4. The Kier molecular flexibility index (Phi) is 24.7. The lowest BCUT2D eigenvalue weighted by Crippen LogP contribution is -2.42. The predicted molar refractivity (Wildman–Crippen MR) is 373 cm³/mol. The van der Waals surface area contributed by atoms with Gasteiger partial charge >= 0.3 is 24.1 Å². The Morgan fingerprint density at radius 1 is 0.400 bits per heavy atom. The molecule has 0 bridgehead atoms. The van der Waals surface area contributed by atoms with E-state index in [-0.39, 0.29) is 125 Å². The lowest BCUT2D eigenvalue weighted by molar-refractivity contribution is -0.144. The highest BCUT2D eigenvalue weighted by molar-refractivity contribution is 6.30. The van der Waals surface area contributed by atoms with E-state index >= 15 is 0 Å². The van der Waals surface area contributed by atoms with Gasteiger partial charge in [0.15, 0.2) is 0 Å². The molecule has 0 saturated heterocycles. The molecule has 2 atom stereocenters. The van der Waals surface area contributed by atoms with Gasteiger partial charge in [-0.15, -0.1) is 0 Å². The molecule has 22 nitrogen and oxygen atoms in total. The van der Waals surface area contributed by atoms with Gasteiger partial charge in [-0.1, -0.05) is 120 Å². The van der Waals surface area contributed by atoms with Gasteiger partial charge in [-0.25, -0.2) is 19.2 Å². The number of amides is 8. The van der Waals surface area contributed by atoms with Crippen molar-refractivity contribution in [2.45, 2.75) is 90.0 Å². The molecule has 8 amide bonds. The van der Waals surface area contributed by atoms with Crippen LogP contribution in [0.4, 0.5) is 9.59 Å². The molecule has 100 heavy (non-hydrogen) atoms. The molecule has 6 N–H and O–H groups in total. The molecule has 516 valence electrons. The van der Waals surface area contributed by atoms with Crippen molar-refractivity contribution in [2.24, 2.45) is 0 Å². The summed E-state index contributed by atoms with van der Waals surface area (Å²) in [7, 11) is 2.40. The van der Waals surface area contributed by atoms with Crippen LogP contribution in [0.25, 0.3) is 10.8 Å².